The van der Waals surface area contributed by atoms with Crippen molar-refractivity contribution in [1.82, 2.24) is 40.9 Å². The summed E-state index contributed by atoms with van der Waals surface area (Å²) in [4.78, 5) is 36.7. The number of carbonyl (C=O) groups is 2. The van der Waals surface area contributed by atoms with Crippen LogP contribution >= 0.6 is 0 Å². The van der Waals surface area contributed by atoms with Crippen molar-refractivity contribution in [2.75, 3.05) is 39.9 Å². The number of allylic oxidation sites excluding steroid dienone is 2. The minimum Gasteiger partial charge on any atom is -0.381 e. The minimum atomic E-state index is -0.352. The second-order valence-corrected chi connectivity index (χ2v) is 14.7. The third kappa shape index (κ3) is 12.7. The van der Waals surface area contributed by atoms with Crippen molar-refractivity contribution < 1.29 is 14.3 Å². The lowest BCUT2D eigenvalue weighted by molar-refractivity contribution is -0.120. The van der Waals surface area contributed by atoms with E-state index in [4.69, 9.17) is 9.72 Å². The van der Waals surface area contributed by atoms with Gasteiger partial charge in [-0.1, -0.05) is 49.4 Å². The maximum absolute atomic E-state index is 12.9. The van der Waals surface area contributed by atoms with Crippen LogP contribution in [0.1, 0.15) is 68.0 Å². The van der Waals surface area contributed by atoms with Gasteiger partial charge in [-0.15, -0.1) is 0 Å². The number of hydrogen-bond donors (Lipinski definition) is 4. The van der Waals surface area contributed by atoms with E-state index in [0.29, 0.717) is 25.2 Å². The fourth-order valence-electron chi connectivity index (χ4n) is 7.18. The maximum Gasteiger partial charge on any atom is 0.270 e. The van der Waals surface area contributed by atoms with Gasteiger partial charge in [-0.25, -0.2) is 9.67 Å². The molecule has 6 rings (SSSR count). The topological polar surface area (TPSA) is 138 Å². The first-order valence-corrected chi connectivity index (χ1v) is 20.3. The normalized spacial score (nSPS) is 16.6. The number of aliphatic imine (C=N–C) groups is 1. The molecule has 2 aliphatic heterocycles. The van der Waals surface area contributed by atoms with Gasteiger partial charge in [-0.05, 0) is 111 Å². The molecule has 0 aliphatic carbocycles. The van der Waals surface area contributed by atoms with E-state index in [-0.39, 0.29) is 23.9 Å². The molecule has 4 heterocycles. The second kappa shape index (κ2) is 22.1. The number of ether oxygens (including phenoxy) is 1. The number of hydrogen-bond acceptors (Lipinski definition) is 9. The van der Waals surface area contributed by atoms with Crippen LogP contribution in [0.2, 0.25) is 0 Å². The number of aromatic nitrogens is 3. The van der Waals surface area contributed by atoms with Crippen LogP contribution in [-0.2, 0) is 46.9 Å². The van der Waals surface area contributed by atoms with Gasteiger partial charge in [0.15, 0.2) is 5.65 Å². The Hall–Kier alpha value is -5.01. The highest BCUT2D eigenvalue weighted by Crippen LogP contribution is 2.26. The molecule has 12 heteroatoms. The third-order valence-corrected chi connectivity index (χ3v) is 10.5. The van der Waals surface area contributed by atoms with Crippen LogP contribution in [-0.4, -0.2) is 90.2 Å². The Morgan fingerprint density at radius 1 is 1.07 bits per heavy atom. The number of pyridine rings is 1. The van der Waals surface area contributed by atoms with Crippen LogP contribution in [0.15, 0.2) is 83.6 Å². The van der Waals surface area contributed by atoms with E-state index in [2.05, 4.69) is 99.3 Å². The predicted molar refractivity (Wildman–Crippen MR) is 230 cm³/mol. The Kier molecular flexibility index (Phi) is 16.7. The maximum atomic E-state index is 12.9. The molecule has 0 bridgehead atoms. The lowest BCUT2D eigenvalue weighted by Crippen LogP contribution is -2.48. The molecular weight excluding hydrogens is 715 g/mol. The summed E-state index contributed by atoms with van der Waals surface area (Å²) in [5.74, 6) is -0.465. The summed E-state index contributed by atoms with van der Waals surface area (Å²) in [5.41, 5.74) is 8.75. The molecule has 4 aromatic rings. The molecule has 2 amide bonds. The van der Waals surface area contributed by atoms with Gasteiger partial charge in [0.25, 0.3) is 5.91 Å². The number of piperazine rings is 1. The minimum absolute atomic E-state index is 0.113. The number of aryl methyl sites for hydroxylation is 3. The molecule has 2 aliphatic rings. The van der Waals surface area contributed by atoms with Crippen molar-refractivity contribution in [1.29, 1.82) is 0 Å². The lowest BCUT2D eigenvalue weighted by atomic mass is 9.96. The molecule has 2 aromatic heterocycles. The molecule has 12 nitrogen and oxygen atoms in total. The van der Waals surface area contributed by atoms with Gasteiger partial charge in [0, 0.05) is 88.6 Å². The fourth-order valence-corrected chi connectivity index (χ4v) is 7.18. The summed E-state index contributed by atoms with van der Waals surface area (Å²) in [5, 5.41) is 18.0. The van der Waals surface area contributed by atoms with Gasteiger partial charge < -0.3 is 26.0 Å². The standard InChI is InChI=1S/C39H48N8O2.C6H13NO/c1-6-35-32(21-33-24-44-47(7-2)38(33)45-35)23-43-39(49)36(40-5)13-8-9-14-37(48)42-22-29-16-15-27(3)34(20-29)31-12-10-11-30(19-31)26-46-18-17-41-28(4)25-46;1-7-6-2-4-8-5-3-6/h8-13,15-16,19-21,24,28,41H,5-7,14,17-18,22-23,25-26H2,1-4H3,(H,42,48)(H,43,49);6-7H,2-5H2,1H3/b9-8-,36-13-;. The summed E-state index contributed by atoms with van der Waals surface area (Å²) in [7, 11) is 2.01. The van der Waals surface area contributed by atoms with E-state index in [1.165, 1.54) is 35.1 Å². The summed E-state index contributed by atoms with van der Waals surface area (Å²) in [6.45, 7) is 19.4. The van der Waals surface area contributed by atoms with Crippen molar-refractivity contribution in [3.05, 3.63) is 107 Å². The molecule has 2 aromatic carbocycles. The molecule has 4 N–H and O–H groups in total. The van der Waals surface area contributed by atoms with Crippen LogP contribution in [0.5, 0.6) is 0 Å². The molecule has 0 spiro atoms. The molecule has 0 saturated carbocycles. The Morgan fingerprint density at radius 3 is 2.61 bits per heavy atom. The van der Waals surface area contributed by atoms with Crippen molar-refractivity contribution in [3.8, 4) is 11.1 Å². The van der Waals surface area contributed by atoms with Crippen molar-refractivity contribution >= 4 is 29.6 Å². The number of rotatable bonds is 15. The van der Waals surface area contributed by atoms with Gasteiger partial charge in [-0.2, -0.15) is 5.10 Å². The molecule has 304 valence electrons. The van der Waals surface area contributed by atoms with Gasteiger partial charge in [0.05, 0.1) is 6.20 Å². The molecule has 2 saturated heterocycles. The number of nitrogens with one attached hydrogen (secondary N) is 4. The number of nitrogens with zero attached hydrogens (tertiary/aromatic N) is 5. The van der Waals surface area contributed by atoms with Crippen LogP contribution in [0.4, 0.5) is 0 Å². The number of benzene rings is 2. The van der Waals surface area contributed by atoms with Gasteiger partial charge >= 0.3 is 0 Å². The fraction of sp³-hybridized carbons (Fsp3) is 0.444. The van der Waals surface area contributed by atoms with Crippen molar-refractivity contribution in [2.24, 2.45) is 4.99 Å². The molecular formula is C45H61N9O3. The first kappa shape index (κ1) is 43.1. The highest BCUT2D eigenvalue weighted by Gasteiger charge is 2.17. The molecule has 0 radical (unpaired) electrons. The van der Waals surface area contributed by atoms with E-state index in [0.717, 1.165) is 80.2 Å². The van der Waals surface area contributed by atoms with E-state index in [1.54, 1.807) is 24.4 Å². The van der Waals surface area contributed by atoms with Crippen molar-refractivity contribution in [3.63, 3.8) is 0 Å². The largest absolute Gasteiger partial charge is 0.381 e. The van der Waals surface area contributed by atoms with Crippen LogP contribution in [0.3, 0.4) is 0 Å². The molecule has 57 heavy (non-hydrogen) atoms. The smallest absolute Gasteiger partial charge is 0.270 e. The van der Waals surface area contributed by atoms with E-state index >= 15 is 0 Å². The number of amides is 2. The zero-order chi connectivity index (χ0) is 40.6. The summed E-state index contributed by atoms with van der Waals surface area (Å²) in [6, 6.07) is 18.3. The highest BCUT2D eigenvalue weighted by atomic mass is 16.5. The Labute approximate surface area is 338 Å². The van der Waals surface area contributed by atoms with Gasteiger partial charge in [0.1, 0.15) is 5.70 Å². The molecule has 2 fully saturated rings. The van der Waals surface area contributed by atoms with Gasteiger partial charge in [-0.3, -0.25) is 19.5 Å². The van der Waals surface area contributed by atoms with Crippen LogP contribution < -0.4 is 21.3 Å². The Bertz CT molecular complexity index is 2010. The summed E-state index contributed by atoms with van der Waals surface area (Å²) >= 11 is 0. The third-order valence-electron chi connectivity index (χ3n) is 10.5. The van der Waals surface area contributed by atoms with Gasteiger partial charge in [0.2, 0.25) is 5.91 Å². The molecule has 1 atom stereocenters. The first-order chi connectivity index (χ1) is 27.7. The SMILES string of the molecule is C=N/C(=C\C=C/CC(=O)NCc1ccc(C)c(-c2cccc(CN3CCNC(C)C3)c2)c1)C(=O)NCc1cc2cnn(CC)c2nc1CC.CNC1CCOCC1. The highest BCUT2D eigenvalue weighted by molar-refractivity contribution is 5.94. The Balaban J connectivity index is 0.000000690. The zero-order valence-corrected chi connectivity index (χ0v) is 34.4. The quantitative estimate of drug-likeness (QED) is 0.0693. The first-order valence-electron chi connectivity index (χ1n) is 20.3. The number of fused-ring (bicyclic) bond motifs is 1. The van der Waals surface area contributed by atoms with E-state index in [1.807, 2.05) is 31.6 Å². The summed E-state index contributed by atoms with van der Waals surface area (Å²) < 4.78 is 7.02. The average Bonchev–Trinajstić information content (AvgIpc) is 3.64. The summed E-state index contributed by atoms with van der Waals surface area (Å²) in [6.07, 6.45) is 9.98. The molecule has 1 unspecified atom stereocenters. The Morgan fingerprint density at radius 2 is 1.89 bits per heavy atom. The lowest BCUT2D eigenvalue weighted by Gasteiger charge is -2.31. The van der Waals surface area contributed by atoms with E-state index < -0.39 is 0 Å². The van der Waals surface area contributed by atoms with E-state index in [9.17, 15) is 9.59 Å². The average molecular weight is 776 g/mol. The van der Waals surface area contributed by atoms with Crippen LogP contribution in [0, 0.1) is 6.92 Å². The monoisotopic (exact) mass is 775 g/mol. The van der Waals surface area contributed by atoms with Crippen LogP contribution in [0.25, 0.3) is 22.2 Å². The van der Waals surface area contributed by atoms with Crippen molar-refractivity contribution in [2.45, 2.75) is 91.6 Å². The number of carbonyl (C=O) groups excluding carboxylic acids is 2. The predicted octanol–water partition coefficient (Wildman–Crippen LogP) is 5.63. The second-order valence-electron chi connectivity index (χ2n) is 14.7. The zero-order valence-electron chi connectivity index (χ0n) is 34.4.